The van der Waals surface area contributed by atoms with Gasteiger partial charge in [-0.3, -0.25) is 0 Å². The first-order valence-electron chi connectivity index (χ1n) is 5.02. The number of rotatable bonds is 6. The minimum atomic E-state index is 0.689. The van der Waals surface area contributed by atoms with E-state index in [2.05, 4.69) is 10.6 Å². The van der Waals surface area contributed by atoms with E-state index in [1.165, 1.54) is 0 Å². The minimum absolute atomic E-state index is 0.689. The maximum atomic E-state index is 5.89. The quantitative estimate of drug-likeness (QED) is 0.755. The highest BCUT2D eigenvalue weighted by Gasteiger charge is 1.97. The van der Waals surface area contributed by atoms with Crippen molar-refractivity contribution in [2.75, 3.05) is 20.1 Å². The van der Waals surface area contributed by atoms with Gasteiger partial charge in [0.05, 0.1) is 0 Å². The summed E-state index contributed by atoms with van der Waals surface area (Å²) < 4.78 is 0. The van der Waals surface area contributed by atoms with Gasteiger partial charge in [0.2, 0.25) is 0 Å². The van der Waals surface area contributed by atoms with Crippen LogP contribution in [0.25, 0.3) is 0 Å². The number of hydrogen-bond donors (Lipinski definition) is 2. The molecule has 4 heteroatoms. The molecule has 0 aliphatic heterocycles. The first-order chi connectivity index (χ1) is 7.22. The summed E-state index contributed by atoms with van der Waals surface area (Å²) in [5.41, 5.74) is 1.12. The first kappa shape index (κ1) is 12.8. The van der Waals surface area contributed by atoms with Gasteiger partial charge in [-0.05, 0) is 50.3 Å². The van der Waals surface area contributed by atoms with Gasteiger partial charge in [0.15, 0.2) is 0 Å². The summed E-state index contributed by atoms with van der Waals surface area (Å²) in [6, 6.07) is 5.60. The van der Waals surface area contributed by atoms with Crippen LogP contribution in [0.4, 0.5) is 0 Å². The maximum absolute atomic E-state index is 5.89. The first-order valence-corrected chi connectivity index (χ1v) is 5.78. The Morgan fingerprint density at radius 2 is 1.73 bits per heavy atom. The zero-order valence-corrected chi connectivity index (χ0v) is 10.3. The highest BCUT2D eigenvalue weighted by Crippen LogP contribution is 2.18. The van der Waals surface area contributed by atoms with Crippen LogP contribution in [0, 0.1) is 0 Å². The van der Waals surface area contributed by atoms with Gasteiger partial charge in [-0.25, -0.2) is 0 Å². The van der Waals surface area contributed by atoms with Gasteiger partial charge in [-0.15, -0.1) is 0 Å². The van der Waals surface area contributed by atoms with Gasteiger partial charge >= 0.3 is 0 Å². The van der Waals surface area contributed by atoms with Crippen molar-refractivity contribution in [3.63, 3.8) is 0 Å². The predicted molar refractivity (Wildman–Crippen MR) is 66.7 cm³/mol. The lowest BCUT2D eigenvalue weighted by molar-refractivity contribution is 0.625. The van der Waals surface area contributed by atoms with E-state index in [1.54, 1.807) is 6.07 Å². The lowest BCUT2D eigenvalue weighted by Gasteiger charge is -2.05. The van der Waals surface area contributed by atoms with Crippen molar-refractivity contribution in [2.45, 2.75) is 13.0 Å². The lowest BCUT2D eigenvalue weighted by Crippen LogP contribution is -2.19. The molecule has 0 aromatic heterocycles. The Labute approximate surface area is 101 Å². The summed E-state index contributed by atoms with van der Waals surface area (Å²) in [6.45, 7) is 2.83. The van der Waals surface area contributed by atoms with Crippen LogP contribution in [0.3, 0.4) is 0 Å². The van der Waals surface area contributed by atoms with Gasteiger partial charge in [0, 0.05) is 16.6 Å². The van der Waals surface area contributed by atoms with Crippen LogP contribution < -0.4 is 10.6 Å². The third-order valence-corrected chi connectivity index (χ3v) is 2.47. The Balaban J connectivity index is 2.31. The van der Waals surface area contributed by atoms with E-state index in [0.717, 1.165) is 31.6 Å². The summed E-state index contributed by atoms with van der Waals surface area (Å²) >= 11 is 11.8. The second-order valence-corrected chi connectivity index (χ2v) is 4.28. The monoisotopic (exact) mass is 246 g/mol. The number of nitrogens with one attached hydrogen (secondary N) is 2. The van der Waals surface area contributed by atoms with E-state index < -0.39 is 0 Å². The molecule has 84 valence electrons. The second kappa shape index (κ2) is 7.07. The van der Waals surface area contributed by atoms with E-state index in [1.807, 2.05) is 19.2 Å². The predicted octanol–water partition coefficient (Wildman–Crippen LogP) is 2.69. The molecule has 1 rings (SSSR count). The summed E-state index contributed by atoms with van der Waals surface area (Å²) in [4.78, 5) is 0. The third-order valence-electron chi connectivity index (χ3n) is 2.03. The molecule has 2 nitrogen and oxygen atoms in total. The molecule has 0 spiro atoms. The molecule has 0 aliphatic rings. The molecule has 15 heavy (non-hydrogen) atoms. The molecule has 2 N–H and O–H groups in total. The molecule has 1 aromatic carbocycles. The highest BCUT2D eigenvalue weighted by atomic mass is 35.5. The Hall–Kier alpha value is -0.280. The molecule has 0 heterocycles. The fourth-order valence-electron chi connectivity index (χ4n) is 1.34. The smallest absolute Gasteiger partial charge is 0.0424 e. The Kier molecular flexibility index (Phi) is 6.03. The van der Waals surface area contributed by atoms with Gasteiger partial charge in [-0.2, -0.15) is 0 Å². The second-order valence-electron chi connectivity index (χ2n) is 3.41. The highest BCUT2D eigenvalue weighted by molar-refractivity contribution is 6.34. The molecule has 0 fully saturated rings. The van der Waals surface area contributed by atoms with Crippen molar-refractivity contribution in [3.05, 3.63) is 33.8 Å². The topological polar surface area (TPSA) is 24.1 Å². The Morgan fingerprint density at radius 1 is 1.07 bits per heavy atom. The molecule has 0 bridgehead atoms. The maximum Gasteiger partial charge on any atom is 0.0424 e. The normalized spacial score (nSPS) is 10.6. The van der Waals surface area contributed by atoms with Crippen LogP contribution in [0.2, 0.25) is 10.0 Å². The van der Waals surface area contributed by atoms with Gasteiger partial charge < -0.3 is 10.6 Å². The molecule has 0 aliphatic carbocycles. The number of hydrogen-bond acceptors (Lipinski definition) is 2. The molecule has 0 atom stereocenters. The molecule has 0 unspecified atom stereocenters. The standard InChI is InChI=1S/C11H16Cl2N2/c1-14-3-2-4-15-8-9-5-10(12)7-11(13)6-9/h5-7,14-15H,2-4,8H2,1H3. The molecule has 0 amide bonds. The van der Waals surface area contributed by atoms with Crippen molar-refractivity contribution in [2.24, 2.45) is 0 Å². The van der Waals surface area contributed by atoms with Crippen LogP contribution in [0.15, 0.2) is 18.2 Å². The summed E-state index contributed by atoms with van der Waals surface area (Å²) in [7, 11) is 1.96. The van der Waals surface area contributed by atoms with Crippen molar-refractivity contribution in [1.82, 2.24) is 10.6 Å². The Morgan fingerprint density at radius 3 is 2.33 bits per heavy atom. The molecular formula is C11H16Cl2N2. The van der Waals surface area contributed by atoms with Gasteiger partial charge in [0.1, 0.15) is 0 Å². The van der Waals surface area contributed by atoms with Crippen LogP contribution in [0.5, 0.6) is 0 Å². The van der Waals surface area contributed by atoms with E-state index in [-0.39, 0.29) is 0 Å². The van der Waals surface area contributed by atoms with Crippen molar-refractivity contribution in [3.8, 4) is 0 Å². The number of halogens is 2. The van der Waals surface area contributed by atoms with Crippen LogP contribution in [-0.4, -0.2) is 20.1 Å². The van der Waals surface area contributed by atoms with E-state index in [0.29, 0.717) is 10.0 Å². The van der Waals surface area contributed by atoms with Crippen LogP contribution in [0.1, 0.15) is 12.0 Å². The summed E-state index contributed by atoms with van der Waals surface area (Å²) in [6.07, 6.45) is 1.12. The molecule has 1 aromatic rings. The van der Waals surface area contributed by atoms with E-state index >= 15 is 0 Å². The minimum Gasteiger partial charge on any atom is -0.320 e. The zero-order chi connectivity index (χ0) is 11.1. The lowest BCUT2D eigenvalue weighted by atomic mass is 10.2. The fraction of sp³-hybridized carbons (Fsp3) is 0.455. The average molecular weight is 247 g/mol. The van der Waals surface area contributed by atoms with Crippen LogP contribution in [-0.2, 0) is 6.54 Å². The van der Waals surface area contributed by atoms with Crippen LogP contribution >= 0.6 is 23.2 Å². The van der Waals surface area contributed by atoms with E-state index in [4.69, 9.17) is 23.2 Å². The van der Waals surface area contributed by atoms with Crippen molar-refractivity contribution in [1.29, 1.82) is 0 Å². The molecule has 0 saturated carbocycles. The fourth-order valence-corrected chi connectivity index (χ4v) is 1.91. The van der Waals surface area contributed by atoms with Gasteiger partial charge in [0.25, 0.3) is 0 Å². The Bertz CT molecular complexity index is 282. The molecule has 0 radical (unpaired) electrons. The SMILES string of the molecule is CNCCCNCc1cc(Cl)cc(Cl)c1. The zero-order valence-electron chi connectivity index (χ0n) is 8.82. The average Bonchev–Trinajstić information content (AvgIpc) is 2.16. The van der Waals surface area contributed by atoms with Crippen molar-refractivity contribution >= 4 is 23.2 Å². The van der Waals surface area contributed by atoms with E-state index in [9.17, 15) is 0 Å². The number of benzene rings is 1. The van der Waals surface area contributed by atoms with Crippen molar-refractivity contribution < 1.29 is 0 Å². The molecule has 0 saturated heterocycles. The largest absolute Gasteiger partial charge is 0.320 e. The third kappa shape index (κ3) is 5.38. The summed E-state index contributed by atoms with van der Waals surface area (Å²) in [5, 5.41) is 7.81. The van der Waals surface area contributed by atoms with Gasteiger partial charge in [-0.1, -0.05) is 23.2 Å². The summed E-state index contributed by atoms with van der Waals surface area (Å²) in [5.74, 6) is 0. The molecular weight excluding hydrogens is 231 g/mol.